The Morgan fingerprint density at radius 3 is 3.12 bits per heavy atom. The molecule has 1 aromatic rings. The third-order valence-electron chi connectivity index (χ3n) is 2.98. The lowest BCUT2D eigenvalue weighted by Gasteiger charge is -2.26. The Kier molecular flexibility index (Phi) is 4.39. The van der Waals surface area contributed by atoms with Gasteiger partial charge in [0.15, 0.2) is 0 Å². The molecule has 2 rings (SSSR count). The quantitative estimate of drug-likeness (QED) is 0.841. The monoisotopic (exact) mass is 239 g/mol. The average molecular weight is 239 g/mol. The van der Waals surface area contributed by atoms with Crippen LogP contribution in [0.5, 0.6) is 0 Å². The van der Waals surface area contributed by atoms with E-state index in [9.17, 15) is 0 Å². The second-order valence-corrected chi connectivity index (χ2v) is 4.52. The molecule has 1 unspecified atom stereocenters. The zero-order valence-electron chi connectivity index (χ0n) is 10.6. The van der Waals surface area contributed by atoms with E-state index in [0.29, 0.717) is 12.1 Å². The molecule has 17 heavy (non-hydrogen) atoms. The SMILES string of the molecule is CNCc1coc(N(C)CC2CCCCO2)n1. The van der Waals surface area contributed by atoms with Crippen LogP contribution in [0.2, 0.25) is 0 Å². The van der Waals surface area contributed by atoms with Gasteiger partial charge in [0.1, 0.15) is 6.26 Å². The molecule has 5 nitrogen and oxygen atoms in total. The first-order valence-electron chi connectivity index (χ1n) is 6.21. The highest BCUT2D eigenvalue weighted by atomic mass is 16.5. The minimum Gasteiger partial charge on any atom is -0.432 e. The van der Waals surface area contributed by atoms with Crippen molar-refractivity contribution >= 4 is 6.01 Å². The number of nitrogens with one attached hydrogen (secondary N) is 1. The van der Waals surface area contributed by atoms with E-state index in [-0.39, 0.29) is 0 Å². The Hall–Kier alpha value is -1.07. The molecular weight excluding hydrogens is 218 g/mol. The van der Waals surface area contributed by atoms with Crippen molar-refractivity contribution in [3.63, 3.8) is 0 Å². The third-order valence-corrected chi connectivity index (χ3v) is 2.98. The van der Waals surface area contributed by atoms with E-state index in [4.69, 9.17) is 9.15 Å². The van der Waals surface area contributed by atoms with Gasteiger partial charge in [-0.2, -0.15) is 4.98 Å². The summed E-state index contributed by atoms with van der Waals surface area (Å²) in [5.74, 6) is 0. The first-order valence-corrected chi connectivity index (χ1v) is 6.21. The lowest BCUT2D eigenvalue weighted by Crippen LogP contribution is -2.33. The maximum atomic E-state index is 5.70. The molecule has 1 aromatic heterocycles. The number of hydrogen-bond acceptors (Lipinski definition) is 5. The fraction of sp³-hybridized carbons (Fsp3) is 0.750. The largest absolute Gasteiger partial charge is 0.432 e. The Balaban J connectivity index is 1.86. The molecule has 1 aliphatic rings. The standard InChI is InChI=1S/C12H21N3O2/c1-13-7-10-9-17-12(14-10)15(2)8-11-5-3-4-6-16-11/h9,11,13H,3-8H2,1-2H3. The number of ether oxygens (including phenoxy) is 1. The maximum absolute atomic E-state index is 5.70. The first-order chi connectivity index (χ1) is 8.29. The maximum Gasteiger partial charge on any atom is 0.297 e. The van der Waals surface area contributed by atoms with Crippen LogP contribution in [0, 0.1) is 0 Å². The number of anilines is 1. The van der Waals surface area contributed by atoms with Crippen LogP contribution in [0.3, 0.4) is 0 Å². The average Bonchev–Trinajstić information content (AvgIpc) is 2.79. The highest BCUT2D eigenvalue weighted by Crippen LogP contribution is 2.17. The van der Waals surface area contributed by atoms with Gasteiger partial charge in [-0.3, -0.25) is 0 Å². The zero-order chi connectivity index (χ0) is 12.1. The molecule has 2 heterocycles. The molecule has 1 atom stereocenters. The van der Waals surface area contributed by atoms with Gasteiger partial charge in [0, 0.05) is 26.7 Å². The molecule has 1 aliphatic heterocycles. The molecule has 96 valence electrons. The van der Waals surface area contributed by atoms with Crippen molar-refractivity contribution < 1.29 is 9.15 Å². The van der Waals surface area contributed by atoms with Crippen molar-refractivity contribution in [2.24, 2.45) is 0 Å². The summed E-state index contributed by atoms with van der Waals surface area (Å²) in [6, 6.07) is 0.671. The van der Waals surface area contributed by atoms with E-state index in [0.717, 1.165) is 31.8 Å². The molecule has 1 N–H and O–H groups in total. The fourth-order valence-electron chi connectivity index (χ4n) is 2.07. The summed E-state index contributed by atoms with van der Waals surface area (Å²) in [7, 11) is 3.89. The number of aromatic nitrogens is 1. The summed E-state index contributed by atoms with van der Waals surface area (Å²) in [4.78, 5) is 6.43. The van der Waals surface area contributed by atoms with Crippen LogP contribution in [0.25, 0.3) is 0 Å². The normalized spacial score (nSPS) is 20.5. The Bertz CT molecular complexity index is 334. The summed E-state index contributed by atoms with van der Waals surface area (Å²) >= 11 is 0. The van der Waals surface area contributed by atoms with Crippen LogP contribution in [-0.4, -0.2) is 38.3 Å². The summed E-state index contributed by atoms with van der Waals surface area (Å²) < 4.78 is 11.1. The Morgan fingerprint density at radius 1 is 1.53 bits per heavy atom. The number of nitrogens with zero attached hydrogens (tertiary/aromatic N) is 2. The summed E-state index contributed by atoms with van der Waals surface area (Å²) in [5.41, 5.74) is 0.930. The Morgan fingerprint density at radius 2 is 2.41 bits per heavy atom. The van der Waals surface area contributed by atoms with Crippen LogP contribution in [0.4, 0.5) is 6.01 Å². The molecule has 0 radical (unpaired) electrons. The molecule has 1 fully saturated rings. The molecule has 0 amide bonds. The van der Waals surface area contributed by atoms with Crippen molar-refractivity contribution in [2.75, 3.05) is 32.1 Å². The second kappa shape index (κ2) is 6.02. The van der Waals surface area contributed by atoms with E-state index < -0.39 is 0 Å². The fourth-order valence-corrected chi connectivity index (χ4v) is 2.07. The predicted octanol–water partition coefficient (Wildman–Crippen LogP) is 1.40. The van der Waals surface area contributed by atoms with E-state index in [1.54, 1.807) is 6.26 Å². The second-order valence-electron chi connectivity index (χ2n) is 4.52. The van der Waals surface area contributed by atoms with E-state index >= 15 is 0 Å². The van der Waals surface area contributed by atoms with Gasteiger partial charge >= 0.3 is 0 Å². The number of hydrogen-bond donors (Lipinski definition) is 1. The zero-order valence-corrected chi connectivity index (χ0v) is 10.6. The van der Waals surface area contributed by atoms with Crippen LogP contribution >= 0.6 is 0 Å². The highest BCUT2D eigenvalue weighted by molar-refractivity contribution is 5.25. The van der Waals surface area contributed by atoms with Crippen molar-refractivity contribution in [3.8, 4) is 0 Å². The minimum absolute atomic E-state index is 0.313. The predicted molar refractivity (Wildman–Crippen MR) is 66.1 cm³/mol. The van der Waals surface area contributed by atoms with Crippen molar-refractivity contribution in [2.45, 2.75) is 31.9 Å². The van der Waals surface area contributed by atoms with Gasteiger partial charge in [0.05, 0.1) is 11.8 Å². The number of rotatable bonds is 5. The van der Waals surface area contributed by atoms with Gasteiger partial charge in [-0.05, 0) is 26.3 Å². The lowest BCUT2D eigenvalue weighted by molar-refractivity contribution is 0.0211. The van der Waals surface area contributed by atoms with E-state index in [1.165, 1.54) is 12.8 Å². The van der Waals surface area contributed by atoms with Crippen LogP contribution < -0.4 is 10.2 Å². The first kappa shape index (κ1) is 12.4. The summed E-state index contributed by atoms with van der Waals surface area (Å²) in [6.07, 6.45) is 5.59. The van der Waals surface area contributed by atoms with Crippen molar-refractivity contribution in [3.05, 3.63) is 12.0 Å². The van der Waals surface area contributed by atoms with E-state index in [1.807, 2.05) is 19.0 Å². The molecular formula is C12H21N3O2. The minimum atomic E-state index is 0.313. The Labute approximate surface area is 102 Å². The van der Waals surface area contributed by atoms with Gasteiger partial charge in [-0.1, -0.05) is 0 Å². The molecule has 1 saturated heterocycles. The summed E-state index contributed by atoms with van der Waals surface area (Å²) in [5, 5.41) is 3.05. The lowest BCUT2D eigenvalue weighted by atomic mass is 10.1. The van der Waals surface area contributed by atoms with Crippen LogP contribution in [-0.2, 0) is 11.3 Å². The molecule has 0 spiro atoms. The van der Waals surface area contributed by atoms with E-state index in [2.05, 4.69) is 10.3 Å². The van der Waals surface area contributed by atoms with Gasteiger partial charge in [0.2, 0.25) is 0 Å². The molecule has 5 heteroatoms. The molecule has 0 bridgehead atoms. The van der Waals surface area contributed by atoms with Crippen molar-refractivity contribution in [1.82, 2.24) is 10.3 Å². The van der Waals surface area contributed by atoms with Gasteiger partial charge in [0.25, 0.3) is 6.01 Å². The summed E-state index contributed by atoms with van der Waals surface area (Å²) in [6.45, 7) is 2.46. The van der Waals surface area contributed by atoms with Gasteiger partial charge in [-0.15, -0.1) is 0 Å². The van der Waals surface area contributed by atoms with Crippen LogP contribution in [0.15, 0.2) is 10.7 Å². The molecule has 0 aromatic carbocycles. The molecule has 0 aliphatic carbocycles. The molecule has 0 saturated carbocycles. The van der Waals surface area contributed by atoms with Gasteiger partial charge in [-0.25, -0.2) is 0 Å². The van der Waals surface area contributed by atoms with Crippen molar-refractivity contribution in [1.29, 1.82) is 0 Å². The third kappa shape index (κ3) is 3.44. The number of likely N-dealkylation sites (N-methyl/N-ethyl adjacent to an activating group) is 1. The van der Waals surface area contributed by atoms with Gasteiger partial charge < -0.3 is 19.4 Å². The van der Waals surface area contributed by atoms with Crippen LogP contribution in [0.1, 0.15) is 25.0 Å². The number of oxazole rings is 1. The highest BCUT2D eigenvalue weighted by Gasteiger charge is 2.18. The topological polar surface area (TPSA) is 50.5 Å². The smallest absolute Gasteiger partial charge is 0.297 e.